The third-order valence-electron chi connectivity index (χ3n) is 3.88. The zero-order valence-corrected chi connectivity index (χ0v) is 12.4. The smallest absolute Gasteiger partial charge is 0.119 e. The van der Waals surface area contributed by atoms with Gasteiger partial charge in [-0.05, 0) is 68.9 Å². The van der Waals surface area contributed by atoms with Crippen LogP contribution < -0.4 is 4.74 Å². The normalized spacial score (nSPS) is 16.2. The van der Waals surface area contributed by atoms with Crippen molar-refractivity contribution in [1.82, 2.24) is 4.90 Å². The van der Waals surface area contributed by atoms with Gasteiger partial charge in [-0.3, -0.25) is 0 Å². The molecule has 1 fully saturated rings. The Balaban J connectivity index is 1.59. The summed E-state index contributed by atoms with van der Waals surface area (Å²) in [5, 5.41) is 0. The number of likely N-dealkylation sites (tertiary alicyclic amines) is 1. The molecule has 0 spiro atoms. The first-order chi connectivity index (χ1) is 9.25. The van der Waals surface area contributed by atoms with Gasteiger partial charge < -0.3 is 9.64 Å². The molecule has 2 rings (SSSR count). The van der Waals surface area contributed by atoms with Crippen molar-refractivity contribution in [3.05, 3.63) is 29.8 Å². The lowest BCUT2D eigenvalue weighted by Gasteiger charge is -2.14. The molecule has 1 aromatic rings. The van der Waals surface area contributed by atoms with Crippen LogP contribution in [0.3, 0.4) is 0 Å². The van der Waals surface area contributed by atoms with Gasteiger partial charge in [-0.1, -0.05) is 26.0 Å². The summed E-state index contributed by atoms with van der Waals surface area (Å²) >= 11 is 0. The highest BCUT2D eigenvalue weighted by Gasteiger charge is 2.10. The molecule has 1 aliphatic rings. The highest BCUT2D eigenvalue weighted by Crippen LogP contribution is 2.18. The highest BCUT2D eigenvalue weighted by molar-refractivity contribution is 5.28. The van der Waals surface area contributed by atoms with Crippen molar-refractivity contribution in [3.8, 4) is 5.75 Å². The van der Waals surface area contributed by atoms with E-state index in [9.17, 15) is 0 Å². The van der Waals surface area contributed by atoms with Gasteiger partial charge in [-0.15, -0.1) is 0 Å². The molecule has 2 nitrogen and oxygen atoms in total. The van der Waals surface area contributed by atoms with Gasteiger partial charge in [0.25, 0.3) is 0 Å². The molecule has 0 amide bonds. The molecule has 106 valence electrons. The van der Waals surface area contributed by atoms with Crippen molar-refractivity contribution in [2.75, 3.05) is 26.2 Å². The van der Waals surface area contributed by atoms with E-state index >= 15 is 0 Å². The van der Waals surface area contributed by atoms with E-state index in [0.29, 0.717) is 5.92 Å². The second kappa shape index (κ2) is 7.54. The molecular formula is C17H27NO. The van der Waals surface area contributed by atoms with Gasteiger partial charge in [0, 0.05) is 0 Å². The van der Waals surface area contributed by atoms with E-state index in [1.807, 2.05) is 0 Å². The Bertz CT molecular complexity index is 352. The summed E-state index contributed by atoms with van der Waals surface area (Å²) < 4.78 is 5.79. The zero-order chi connectivity index (χ0) is 13.5. The largest absolute Gasteiger partial charge is 0.494 e. The van der Waals surface area contributed by atoms with Crippen molar-refractivity contribution in [3.63, 3.8) is 0 Å². The minimum atomic E-state index is 0.592. The predicted molar refractivity (Wildman–Crippen MR) is 80.9 cm³/mol. The molecule has 0 saturated carbocycles. The van der Waals surface area contributed by atoms with Crippen LogP contribution in [0, 0.1) is 0 Å². The van der Waals surface area contributed by atoms with Crippen molar-refractivity contribution >= 4 is 0 Å². The van der Waals surface area contributed by atoms with Gasteiger partial charge >= 0.3 is 0 Å². The molecule has 0 atom stereocenters. The molecule has 1 aliphatic heterocycles. The third-order valence-corrected chi connectivity index (χ3v) is 3.88. The number of ether oxygens (including phenoxy) is 1. The molecule has 0 aromatic heterocycles. The van der Waals surface area contributed by atoms with Crippen LogP contribution in [0.2, 0.25) is 0 Å². The lowest BCUT2D eigenvalue weighted by atomic mass is 10.0. The summed E-state index contributed by atoms with van der Waals surface area (Å²) in [5.74, 6) is 1.60. The maximum Gasteiger partial charge on any atom is 0.119 e. The molecule has 0 radical (unpaired) electrons. The van der Waals surface area contributed by atoms with Crippen LogP contribution in [0.15, 0.2) is 24.3 Å². The van der Waals surface area contributed by atoms with E-state index in [1.54, 1.807) is 0 Å². The van der Waals surface area contributed by atoms with E-state index in [2.05, 4.69) is 43.0 Å². The Labute approximate surface area is 117 Å². The Hall–Kier alpha value is -1.02. The molecular weight excluding hydrogens is 234 g/mol. The number of benzene rings is 1. The Morgan fingerprint density at radius 3 is 2.37 bits per heavy atom. The average molecular weight is 261 g/mol. The van der Waals surface area contributed by atoms with Crippen molar-refractivity contribution < 1.29 is 4.74 Å². The van der Waals surface area contributed by atoms with E-state index < -0.39 is 0 Å². The van der Waals surface area contributed by atoms with E-state index in [4.69, 9.17) is 4.74 Å². The number of hydrogen-bond donors (Lipinski definition) is 0. The Kier molecular flexibility index (Phi) is 5.71. The molecule has 0 bridgehead atoms. The van der Waals surface area contributed by atoms with E-state index in [1.165, 1.54) is 44.5 Å². The first kappa shape index (κ1) is 14.4. The molecule has 0 unspecified atom stereocenters. The van der Waals surface area contributed by atoms with Crippen LogP contribution in [0.5, 0.6) is 5.75 Å². The van der Waals surface area contributed by atoms with Crippen LogP contribution in [-0.4, -0.2) is 31.1 Å². The maximum absolute atomic E-state index is 5.79. The number of rotatable bonds is 7. The monoisotopic (exact) mass is 261 g/mol. The van der Waals surface area contributed by atoms with Crippen molar-refractivity contribution in [2.45, 2.75) is 45.4 Å². The van der Waals surface area contributed by atoms with Crippen molar-refractivity contribution in [1.29, 1.82) is 0 Å². The molecule has 1 heterocycles. The maximum atomic E-state index is 5.79. The fraction of sp³-hybridized carbons (Fsp3) is 0.647. The first-order valence-corrected chi connectivity index (χ1v) is 7.71. The average Bonchev–Trinajstić information content (AvgIpc) is 2.92. The lowest BCUT2D eigenvalue weighted by molar-refractivity contribution is 0.279. The summed E-state index contributed by atoms with van der Waals surface area (Å²) in [6, 6.07) is 8.53. The summed E-state index contributed by atoms with van der Waals surface area (Å²) in [6.07, 6.45) is 5.18. The molecule has 0 aliphatic carbocycles. The Morgan fingerprint density at radius 2 is 1.74 bits per heavy atom. The van der Waals surface area contributed by atoms with E-state index in [0.717, 1.165) is 18.8 Å². The first-order valence-electron chi connectivity index (χ1n) is 7.71. The molecule has 2 heteroatoms. The van der Waals surface area contributed by atoms with Gasteiger partial charge in [0.1, 0.15) is 5.75 Å². The van der Waals surface area contributed by atoms with Crippen LogP contribution >= 0.6 is 0 Å². The minimum absolute atomic E-state index is 0.592. The van der Waals surface area contributed by atoms with Gasteiger partial charge in [0.05, 0.1) is 6.61 Å². The van der Waals surface area contributed by atoms with E-state index in [-0.39, 0.29) is 0 Å². The standard InChI is InChI=1S/C17H27NO/c1-15(2)16-7-9-17(10-8-16)19-14-6-5-13-18-11-3-4-12-18/h7-10,15H,3-6,11-14H2,1-2H3. The van der Waals surface area contributed by atoms with Gasteiger partial charge in [0.2, 0.25) is 0 Å². The summed E-state index contributed by atoms with van der Waals surface area (Å²) in [4.78, 5) is 2.57. The van der Waals surface area contributed by atoms with Crippen molar-refractivity contribution in [2.24, 2.45) is 0 Å². The fourth-order valence-electron chi connectivity index (χ4n) is 2.58. The quantitative estimate of drug-likeness (QED) is 0.686. The molecule has 0 N–H and O–H groups in total. The highest BCUT2D eigenvalue weighted by atomic mass is 16.5. The number of unbranched alkanes of at least 4 members (excludes halogenated alkanes) is 1. The predicted octanol–water partition coefficient (Wildman–Crippen LogP) is 4.06. The summed E-state index contributed by atoms with van der Waals surface area (Å²) in [5.41, 5.74) is 1.38. The van der Waals surface area contributed by atoms with Gasteiger partial charge in [0.15, 0.2) is 0 Å². The third kappa shape index (κ3) is 4.87. The lowest BCUT2D eigenvalue weighted by Crippen LogP contribution is -2.20. The van der Waals surface area contributed by atoms with Crippen LogP contribution in [-0.2, 0) is 0 Å². The minimum Gasteiger partial charge on any atom is -0.494 e. The number of hydrogen-bond acceptors (Lipinski definition) is 2. The van der Waals surface area contributed by atoms with Crippen LogP contribution in [0.25, 0.3) is 0 Å². The van der Waals surface area contributed by atoms with Crippen LogP contribution in [0.1, 0.15) is 51.0 Å². The molecule has 1 saturated heterocycles. The Morgan fingerprint density at radius 1 is 1.05 bits per heavy atom. The zero-order valence-electron chi connectivity index (χ0n) is 12.4. The van der Waals surface area contributed by atoms with Gasteiger partial charge in [-0.25, -0.2) is 0 Å². The SMILES string of the molecule is CC(C)c1ccc(OCCCCN2CCCC2)cc1. The fourth-order valence-corrected chi connectivity index (χ4v) is 2.58. The summed E-state index contributed by atoms with van der Waals surface area (Å²) in [6.45, 7) is 9.13. The van der Waals surface area contributed by atoms with Crippen LogP contribution in [0.4, 0.5) is 0 Å². The van der Waals surface area contributed by atoms with Gasteiger partial charge in [-0.2, -0.15) is 0 Å². The second-order valence-corrected chi connectivity index (χ2v) is 5.83. The number of nitrogens with zero attached hydrogens (tertiary/aromatic N) is 1. The molecule has 19 heavy (non-hydrogen) atoms. The second-order valence-electron chi connectivity index (χ2n) is 5.83. The summed E-state index contributed by atoms with van der Waals surface area (Å²) in [7, 11) is 0. The topological polar surface area (TPSA) is 12.5 Å². The molecule has 1 aromatic carbocycles.